The standard InChI is InChI=1S/C26H26N2O2S/c29-24-19-31-26(28(24)18-16-21-9-5-2-6-10-21)23-13-11-22(12-14-23)25(30)27-17-15-20-7-3-1-4-8-20/h1-14,26H,15-19H2,(H,27,30)/t26-/m1/s1. The van der Waals surface area contributed by atoms with E-state index in [4.69, 9.17) is 0 Å². The van der Waals surface area contributed by atoms with Crippen LogP contribution in [0, 0.1) is 0 Å². The first kappa shape index (κ1) is 21.2. The second-order valence-corrected chi connectivity index (χ2v) is 8.67. The summed E-state index contributed by atoms with van der Waals surface area (Å²) in [4.78, 5) is 26.8. The Bertz CT molecular complexity index is 1010. The van der Waals surface area contributed by atoms with Gasteiger partial charge in [-0.2, -0.15) is 0 Å². The number of nitrogens with one attached hydrogen (secondary N) is 1. The van der Waals surface area contributed by atoms with Gasteiger partial charge in [-0.15, -0.1) is 11.8 Å². The highest BCUT2D eigenvalue weighted by Gasteiger charge is 2.32. The van der Waals surface area contributed by atoms with Crippen LogP contribution >= 0.6 is 11.8 Å². The van der Waals surface area contributed by atoms with Crippen LogP contribution in [0.1, 0.15) is 32.4 Å². The topological polar surface area (TPSA) is 49.4 Å². The molecule has 0 unspecified atom stereocenters. The molecule has 5 heteroatoms. The molecule has 0 aliphatic carbocycles. The van der Waals surface area contributed by atoms with Crippen molar-refractivity contribution < 1.29 is 9.59 Å². The van der Waals surface area contributed by atoms with Crippen LogP contribution in [-0.4, -0.2) is 35.6 Å². The molecule has 1 aliphatic heterocycles. The lowest BCUT2D eigenvalue weighted by atomic mass is 10.1. The van der Waals surface area contributed by atoms with Gasteiger partial charge < -0.3 is 10.2 Å². The van der Waals surface area contributed by atoms with Crippen LogP contribution in [0.15, 0.2) is 84.9 Å². The van der Waals surface area contributed by atoms with Gasteiger partial charge in [-0.05, 0) is 41.7 Å². The fourth-order valence-electron chi connectivity index (χ4n) is 3.73. The monoisotopic (exact) mass is 430 g/mol. The maximum absolute atomic E-state index is 12.5. The van der Waals surface area contributed by atoms with Crippen LogP contribution in [0.4, 0.5) is 0 Å². The summed E-state index contributed by atoms with van der Waals surface area (Å²) in [5, 5.41) is 2.99. The minimum atomic E-state index is -0.0708. The first-order valence-corrected chi connectivity index (χ1v) is 11.6. The van der Waals surface area contributed by atoms with Crippen molar-refractivity contribution in [2.24, 2.45) is 0 Å². The zero-order chi connectivity index (χ0) is 21.5. The SMILES string of the molecule is O=C(NCCc1ccccc1)c1ccc([C@H]2SCC(=O)N2CCc2ccccc2)cc1. The van der Waals surface area contributed by atoms with E-state index in [0.717, 1.165) is 18.4 Å². The average Bonchev–Trinajstić information content (AvgIpc) is 3.19. The number of amides is 2. The lowest BCUT2D eigenvalue weighted by Gasteiger charge is -2.24. The molecule has 1 saturated heterocycles. The van der Waals surface area contributed by atoms with Gasteiger partial charge in [0.15, 0.2) is 0 Å². The summed E-state index contributed by atoms with van der Waals surface area (Å²) in [5.74, 6) is 0.605. The van der Waals surface area contributed by atoms with Gasteiger partial charge in [0.25, 0.3) is 5.91 Å². The summed E-state index contributed by atoms with van der Waals surface area (Å²) >= 11 is 1.65. The van der Waals surface area contributed by atoms with E-state index in [1.807, 2.05) is 65.6 Å². The molecule has 3 aromatic rings. The third-order valence-electron chi connectivity index (χ3n) is 5.45. The Balaban J connectivity index is 1.34. The molecule has 1 fully saturated rings. The quantitative estimate of drug-likeness (QED) is 0.573. The van der Waals surface area contributed by atoms with Crippen molar-refractivity contribution >= 4 is 23.6 Å². The van der Waals surface area contributed by atoms with Gasteiger partial charge in [-0.25, -0.2) is 0 Å². The van der Waals surface area contributed by atoms with E-state index in [0.29, 0.717) is 24.4 Å². The van der Waals surface area contributed by atoms with Crippen molar-refractivity contribution in [1.29, 1.82) is 0 Å². The highest BCUT2D eigenvalue weighted by Crippen LogP contribution is 2.38. The molecule has 0 saturated carbocycles. The Morgan fingerprint density at radius 2 is 1.48 bits per heavy atom. The van der Waals surface area contributed by atoms with Crippen LogP contribution in [-0.2, 0) is 17.6 Å². The Morgan fingerprint density at radius 3 is 2.13 bits per heavy atom. The molecule has 0 radical (unpaired) electrons. The molecule has 31 heavy (non-hydrogen) atoms. The molecule has 1 atom stereocenters. The highest BCUT2D eigenvalue weighted by molar-refractivity contribution is 8.00. The zero-order valence-electron chi connectivity index (χ0n) is 17.4. The average molecular weight is 431 g/mol. The summed E-state index contributed by atoms with van der Waals surface area (Å²) in [6.45, 7) is 1.30. The van der Waals surface area contributed by atoms with E-state index in [-0.39, 0.29) is 17.2 Å². The van der Waals surface area contributed by atoms with Crippen molar-refractivity contribution in [2.75, 3.05) is 18.8 Å². The summed E-state index contributed by atoms with van der Waals surface area (Å²) in [5.41, 5.74) is 4.14. The van der Waals surface area contributed by atoms with E-state index in [2.05, 4.69) is 29.6 Å². The molecule has 0 aromatic heterocycles. The minimum Gasteiger partial charge on any atom is -0.352 e. The third kappa shape index (κ3) is 5.56. The zero-order valence-corrected chi connectivity index (χ0v) is 18.2. The Hall–Kier alpha value is -3.05. The van der Waals surface area contributed by atoms with Gasteiger partial charge in [0.1, 0.15) is 5.37 Å². The molecule has 1 aliphatic rings. The number of carbonyl (C=O) groups excluding carboxylic acids is 2. The largest absolute Gasteiger partial charge is 0.352 e. The van der Waals surface area contributed by atoms with Crippen molar-refractivity contribution in [2.45, 2.75) is 18.2 Å². The molecular weight excluding hydrogens is 404 g/mol. The van der Waals surface area contributed by atoms with Crippen LogP contribution in [0.5, 0.6) is 0 Å². The molecule has 0 bridgehead atoms. The van der Waals surface area contributed by atoms with Gasteiger partial charge in [0.2, 0.25) is 5.91 Å². The summed E-state index contributed by atoms with van der Waals surface area (Å²) in [6.07, 6.45) is 1.65. The lowest BCUT2D eigenvalue weighted by Crippen LogP contribution is -2.30. The van der Waals surface area contributed by atoms with Crippen LogP contribution < -0.4 is 5.32 Å². The summed E-state index contributed by atoms with van der Waals surface area (Å²) in [7, 11) is 0. The van der Waals surface area contributed by atoms with E-state index in [1.165, 1.54) is 11.1 Å². The minimum absolute atomic E-state index is 0.00593. The molecule has 1 N–H and O–H groups in total. The number of thioether (sulfide) groups is 1. The lowest BCUT2D eigenvalue weighted by molar-refractivity contribution is -0.128. The smallest absolute Gasteiger partial charge is 0.251 e. The fraction of sp³-hybridized carbons (Fsp3) is 0.231. The normalized spacial score (nSPS) is 15.8. The molecule has 3 aromatic carbocycles. The van der Waals surface area contributed by atoms with Gasteiger partial charge in [-0.3, -0.25) is 9.59 Å². The van der Waals surface area contributed by atoms with Crippen LogP contribution in [0.25, 0.3) is 0 Å². The highest BCUT2D eigenvalue weighted by atomic mass is 32.2. The predicted octanol–water partition coefficient (Wildman–Crippen LogP) is 4.48. The Kier molecular flexibility index (Phi) is 7.05. The molecule has 2 amide bonds. The van der Waals surface area contributed by atoms with Gasteiger partial charge in [0, 0.05) is 18.7 Å². The Morgan fingerprint density at radius 1 is 0.871 bits per heavy atom. The fourth-order valence-corrected chi connectivity index (χ4v) is 4.95. The number of rotatable bonds is 8. The van der Waals surface area contributed by atoms with Crippen LogP contribution in [0.2, 0.25) is 0 Å². The number of hydrogen-bond acceptors (Lipinski definition) is 3. The molecule has 0 spiro atoms. The maximum Gasteiger partial charge on any atom is 0.251 e. The predicted molar refractivity (Wildman–Crippen MR) is 126 cm³/mol. The summed E-state index contributed by atoms with van der Waals surface area (Å²) < 4.78 is 0. The maximum atomic E-state index is 12.5. The van der Waals surface area contributed by atoms with Crippen LogP contribution in [0.3, 0.4) is 0 Å². The van der Waals surface area contributed by atoms with Gasteiger partial charge in [-0.1, -0.05) is 72.8 Å². The van der Waals surface area contributed by atoms with E-state index < -0.39 is 0 Å². The second-order valence-electron chi connectivity index (χ2n) is 7.60. The number of benzene rings is 3. The van der Waals surface area contributed by atoms with Crippen molar-refractivity contribution in [3.05, 3.63) is 107 Å². The van der Waals surface area contributed by atoms with E-state index >= 15 is 0 Å². The molecular formula is C26H26N2O2S. The number of hydrogen-bond donors (Lipinski definition) is 1. The molecule has 4 rings (SSSR count). The van der Waals surface area contributed by atoms with Crippen molar-refractivity contribution in [3.8, 4) is 0 Å². The van der Waals surface area contributed by atoms with E-state index in [1.54, 1.807) is 11.8 Å². The number of nitrogens with zero attached hydrogens (tertiary/aromatic N) is 1. The van der Waals surface area contributed by atoms with E-state index in [9.17, 15) is 9.59 Å². The molecule has 1 heterocycles. The Labute approximate surface area is 187 Å². The molecule has 158 valence electrons. The second kappa shape index (κ2) is 10.3. The summed E-state index contributed by atoms with van der Waals surface area (Å²) in [6, 6.07) is 28.0. The first-order chi connectivity index (χ1) is 15.2. The first-order valence-electron chi connectivity index (χ1n) is 10.6. The van der Waals surface area contributed by atoms with Gasteiger partial charge in [0.05, 0.1) is 5.75 Å². The van der Waals surface area contributed by atoms with Crippen molar-refractivity contribution in [3.63, 3.8) is 0 Å². The van der Waals surface area contributed by atoms with Gasteiger partial charge >= 0.3 is 0 Å². The molecule has 4 nitrogen and oxygen atoms in total. The third-order valence-corrected chi connectivity index (χ3v) is 6.71. The number of carbonyl (C=O) groups is 2. The van der Waals surface area contributed by atoms with Crippen molar-refractivity contribution in [1.82, 2.24) is 10.2 Å².